The number of hydrogen-bond donors (Lipinski definition) is 4. The van der Waals surface area contributed by atoms with Crippen LogP contribution in [-0.2, 0) is 11.2 Å². The predicted molar refractivity (Wildman–Crippen MR) is 179 cm³/mol. The van der Waals surface area contributed by atoms with Gasteiger partial charge < -0.3 is 30.7 Å². The monoisotopic (exact) mass is 668 g/mol. The summed E-state index contributed by atoms with van der Waals surface area (Å²) in [5.74, 6) is -1.51. The Morgan fingerprint density at radius 2 is 1.59 bits per heavy atom. The van der Waals surface area contributed by atoms with Gasteiger partial charge in [-0.25, -0.2) is 9.59 Å². The molecule has 4 rings (SSSR count). The SMILES string of the molecule is COc1ccc(C(=O)N(C(C)C)C2CCCCC2)c(NC(=O)N[C@@H](Cc2ccc(NC(=O)c3c(Cl)cccc3Cl)cc2)C(=O)O)c1. The number of urea groups is 1. The number of nitrogens with one attached hydrogen (secondary N) is 3. The fourth-order valence-electron chi connectivity index (χ4n) is 5.65. The molecule has 0 aliphatic heterocycles. The first-order valence-corrected chi connectivity index (χ1v) is 15.9. The number of hydrogen-bond acceptors (Lipinski definition) is 5. The van der Waals surface area contributed by atoms with E-state index in [1.807, 2.05) is 18.7 Å². The lowest BCUT2D eigenvalue weighted by Gasteiger charge is -2.37. The Balaban J connectivity index is 1.45. The largest absolute Gasteiger partial charge is 0.497 e. The van der Waals surface area contributed by atoms with Crippen molar-refractivity contribution in [3.8, 4) is 5.75 Å². The van der Waals surface area contributed by atoms with Gasteiger partial charge in [0.1, 0.15) is 11.8 Å². The van der Waals surface area contributed by atoms with E-state index in [4.69, 9.17) is 27.9 Å². The van der Waals surface area contributed by atoms with E-state index in [1.165, 1.54) is 7.11 Å². The molecular formula is C34H38Cl2N4O6. The van der Waals surface area contributed by atoms with Crippen LogP contribution < -0.4 is 20.7 Å². The molecule has 10 nitrogen and oxygen atoms in total. The van der Waals surface area contributed by atoms with Crippen molar-refractivity contribution in [1.82, 2.24) is 10.2 Å². The first-order valence-electron chi connectivity index (χ1n) is 15.1. The predicted octanol–water partition coefficient (Wildman–Crippen LogP) is 7.26. The zero-order valence-electron chi connectivity index (χ0n) is 25.9. The van der Waals surface area contributed by atoms with Gasteiger partial charge in [-0.15, -0.1) is 0 Å². The summed E-state index contributed by atoms with van der Waals surface area (Å²) in [6, 6.07) is 14.1. The van der Waals surface area contributed by atoms with Crippen LogP contribution in [0.15, 0.2) is 60.7 Å². The van der Waals surface area contributed by atoms with Gasteiger partial charge in [0.2, 0.25) is 0 Å². The summed E-state index contributed by atoms with van der Waals surface area (Å²) in [6.45, 7) is 3.95. The number of amides is 4. The second kappa shape index (κ2) is 15.8. The Kier molecular flexibility index (Phi) is 11.9. The standard InChI is InChI=1S/C34H38Cl2N4O6/c1-20(2)40(23-8-5-4-6-9-23)32(42)25-17-16-24(46-3)19-28(25)38-34(45)39-29(33(43)44)18-21-12-14-22(15-13-21)37-31(41)30-26(35)10-7-11-27(30)36/h7,10-17,19-20,23,29H,4-6,8-9,18H2,1-3H3,(H,37,41)(H,43,44)(H2,38,39,45)/t29-/m0/s1. The van der Waals surface area contributed by atoms with E-state index in [0.29, 0.717) is 17.0 Å². The molecule has 3 aromatic rings. The number of nitrogens with zero attached hydrogens (tertiary/aromatic N) is 1. The summed E-state index contributed by atoms with van der Waals surface area (Å²) in [5, 5.41) is 18.2. The zero-order valence-corrected chi connectivity index (χ0v) is 27.5. The van der Waals surface area contributed by atoms with Gasteiger partial charge in [-0.05, 0) is 68.7 Å². The minimum absolute atomic E-state index is 0.0416. The molecule has 1 aliphatic carbocycles. The number of anilines is 2. The van der Waals surface area contributed by atoms with Crippen molar-refractivity contribution >= 4 is 58.4 Å². The van der Waals surface area contributed by atoms with Crippen molar-refractivity contribution in [1.29, 1.82) is 0 Å². The lowest BCUT2D eigenvalue weighted by molar-refractivity contribution is -0.139. The number of ether oxygens (including phenoxy) is 1. The van der Waals surface area contributed by atoms with Crippen molar-refractivity contribution < 1.29 is 29.0 Å². The maximum Gasteiger partial charge on any atom is 0.326 e. The fourth-order valence-corrected chi connectivity index (χ4v) is 6.21. The number of carbonyl (C=O) groups is 4. The first-order chi connectivity index (χ1) is 22.0. The third-order valence-electron chi connectivity index (χ3n) is 7.91. The Morgan fingerprint density at radius 1 is 0.935 bits per heavy atom. The van der Waals surface area contributed by atoms with Crippen molar-refractivity contribution in [2.24, 2.45) is 0 Å². The van der Waals surface area contributed by atoms with Crippen molar-refractivity contribution in [3.63, 3.8) is 0 Å². The maximum absolute atomic E-state index is 13.8. The molecule has 3 aromatic carbocycles. The van der Waals surface area contributed by atoms with Gasteiger partial charge >= 0.3 is 12.0 Å². The Hall–Kier alpha value is -4.28. The molecule has 0 aromatic heterocycles. The molecule has 4 amide bonds. The van der Waals surface area contributed by atoms with Crippen LogP contribution in [0.25, 0.3) is 0 Å². The highest BCUT2D eigenvalue weighted by atomic mass is 35.5. The number of carboxylic acids is 1. The third-order valence-corrected chi connectivity index (χ3v) is 8.54. The highest BCUT2D eigenvalue weighted by Gasteiger charge is 2.30. The fraction of sp³-hybridized carbons (Fsp3) is 0.353. The molecule has 4 N–H and O–H groups in total. The normalized spacial score (nSPS) is 13.9. The summed E-state index contributed by atoms with van der Waals surface area (Å²) in [7, 11) is 1.48. The smallest absolute Gasteiger partial charge is 0.326 e. The summed E-state index contributed by atoms with van der Waals surface area (Å²) in [4.78, 5) is 53.7. The number of rotatable bonds is 11. The van der Waals surface area contributed by atoms with Crippen LogP contribution in [0.4, 0.5) is 16.2 Å². The summed E-state index contributed by atoms with van der Waals surface area (Å²) in [5.41, 5.74) is 1.69. The molecule has 1 aliphatic rings. The number of carbonyl (C=O) groups excluding carboxylic acids is 3. The Morgan fingerprint density at radius 3 is 2.17 bits per heavy atom. The van der Waals surface area contributed by atoms with Crippen LogP contribution in [0.3, 0.4) is 0 Å². The molecule has 244 valence electrons. The van der Waals surface area contributed by atoms with Crippen LogP contribution in [0, 0.1) is 0 Å². The van der Waals surface area contributed by atoms with Gasteiger partial charge in [0.05, 0.1) is 34.0 Å². The topological polar surface area (TPSA) is 137 Å². The molecule has 46 heavy (non-hydrogen) atoms. The number of methoxy groups -OCH3 is 1. The number of carboxylic acid groups (broad SMARTS) is 1. The van der Waals surface area contributed by atoms with E-state index in [2.05, 4.69) is 16.0 Å². The van der Waals surface area contributed by atoms with Gasteiger partial charge in [0, 0.05) is 30.3 Å². The van der Waals surface area contributed by atoms with E-state index in [9.17, 15) is 24.3 Å². The summed E-state index contributed by atoms with van der Waals surface area (Å²) < 4.78 is 5.33. The van der Waals surface area contributed by atoms with E-state index in [-0.39, 0.29) is 51.3 Å². The molecule has 0 unspecified atom stereocenters. The molecule has 1 fully saturated rings. The van der Waals surface area contributed by atoms with Crippen LogP contribution in [0.5, 0.6) is 5.75 Å². The molecular weight excluding hydrogens is 631 g/mol. The van der Waals surface area contributed by atoms with Gasteiger partial charge in [-0.1, -0.05) is 60.7 Å². The molecule has 1 saturated carbocycles. The van der Waals surface area contributed by atoms with Crippen LogP contribution in [0.1, 0.15) is 72.2 Å². The van der Waals surface area contributed by atoms with Gasteiger partial charge in [0.25, 0.3) is 11.8 Å². The maximum atomic E-state index is 13.8. The molecule has 0 saturated heterocycles. The second-order valence-electron chi connectivity index (χ2n) is 11.5. The molecule has 1 atom stereocenters. The minimum Gasteiger partial charge on any atom is -0.497 e. The Labute approximate surface area is 278 Å². The number of benzene rings is 3. The molecule has 0 heterocycles. The molecule has 0 spiro atoms. The highest BCUT2D eigenvalue weighted by Crippen LogP contribution is 2.30. The van der Waals surface area contributed by atoms with E-state index in [0.717, 1.165) is 32.1 Å². The van der Waals surface area contributed by atoms with E-state index < -0.39 is 23.9 Å². The highest BCUT2D eigenvalue weighted by molar-refractivity contribution is 6.40. The Bertz CT molecular complexity index is 1550. The number of aliphatic carboxylic acids is 1. The summed E-state index contributed by atoms with van der Waals surface area (Å²) >= 11 is 12.3. The quantitative estimate of drug-likeness (QED) is 0.170. The lowest BCUT2D eigenvalue weighted by Crippen LogP contribution is -2.46. The van der Waals surface area contributed by atoms with Gasteiger partial charge in [0.15, 0.2) is 0 Å². The molecule has 12 heteroatoms. The van der Waals surface area contributed by atoms with E-state index in [1.54, 1.807) is 60.7 Å². The zero-order chi connectivity index (χ0) is 33.4. The van der Waals surface area contributed by atoms with Crippen molar-refractivity contribution in [2.75, 3.05) is 17.7 Å². The van der Waals surface area contributed by atoms with Crippen molar-refractivity contribution in [2.45, 2.75) is 70.5 Å². The van der Waals surface area contributed by atoms with E-state index >= 15 is 0 Å². The third kappa shape index (κ3) is 8.70. The van der Waals surface area contributed by atoms with Gasteiger partial charge in [-0.2, -0.15) is 0 Å². The van der Waals surface area contributed by atoms with Crippen LogP contribution >= 0.6 is 23.2 Å². The molecule has 0 radical (unpaired) electrons. The summed E-state index contributed by atoms with van der Waals surface area (Å²) in [6.07, 6.45) is 5.07. The average Bonchev–Trinajstić information content (AvgIpc) is 3.01. The second-order valence-corrected chi connectivity index (χ2v) is 12.3. The van der Waals surface area contributed by atoms with Gasteiger partial charge in [-0.3, -0.25) is 9.59 Å². The number of halogens is 2. The average molecular weight is 670 g/mol. The van der Waals surface area contributed by atoms with Crippen LogP contribution in [0.2, 0.25) is 10.0 Å². The first kappa shape index (κ1) is 34.6. The van der Waals surface area contributed by atoms with Crippen LogP contribution in [-0.4, -0.2) is 59.1 Å². The molecule has 0 bridgehead atoms. The minimum atomic E-state index is -1.29. The van der Waals surface area contributed by atoms with Crippen molar-refractivity contribution in [3.05, 3.63) is 87.4 Å². The lowest BCUT2D eigenvalue weighted by atomic mass is 9.92.